The zero-order valence-corrected chi connectivity index (χ0v) is 21.1. The summed E-state index contributed by atoms with van der Waals surface area (Å²) < 4.78 is 25.5. The highest BCUT2D eigenvalue weighted by Gasteiger charge is 2.52. The van der Waals surface area contributed by atoms with Crippen molar-refractivity contribution in [3.63, 3.8) is 0 Å². The summed E-state index contributed by atoms with van der Waals surface area (Å²) in [6, 6.07) is 6.31. The zero-order chi connectivity index (χ0) is 25.6. The maximum Gasteiger partial charge on any atom is 0.405 e. The number of hydrogen-bond acceptors (Lipinski definition) is 5. The zero-order valence-electron chi connectivity index (χ0n) is 20.3. The van der Waals surface area contributed by atoms with Crippen LogP contribution in [0.3, 0.4) is 0 Å². The van der Waals surface area contributed by atoms with E-state index in [0.717, 1.165) is 5.57 Å². The Bertz CT molecular complexity index is 988. The van der Waals surface area contributed by atoms with Crippen molar-refractivity contribution in [3.05, 3.63) is 53.9 Å². The van der Waals surface area contributed by atoms with Crippen molar-refractivity contribution in [2.45, 2.75) is 24.1 Å². The smallest absolute Gasteiger partial charge is 0.405 e. The van der Waals surface area contributed by atoms with Crippen LogP contribution in [0.5, 0.6) is 0 Å². The number of halogens is 2. The second-order valence-electron chi connectivity index (χ2n) is 9.06. The average Bonchev–Trinajstić information content (AvgIpc) is 2.83. The summed E-state index contributed by atoms with van der Waals surface area (Å²) in [7, 11) is 4.78. The summed E-state index contributed by atoms with van der Waals surface area (Å²) in [6.07, 6.45) is 5.35. The van der Waals surface area contributed by atoms with E-state index in [4.69, 9.17) is 21.1 Å². The van der Waals surface area contributed by atoms with Gasteiger partial charge in [-0.05, 0) is 42.2 Å². The summed E-state index contributed by atoms with van der Waals surface area (Å²) in [4.78, 5) is 28.3. The number of carboxylic acid groups (broad SMARTS) is 1. The largest absolute Gasteiger partial charge is 0.465 e. The molecule has 2 N–H and O–H groups in total. The highest BCUT2D eigenvalue weighted by atomic mass is 35.5. The fourth-order valence-electron chi connectivity index (χ4n) is 4.93. The predicted molar refractivity (Wildman–Crippen MR) is 132 cm³/mol. The van der Waals surface area contributed by atoms with Gasteiger partial charge in [-0.2, -0.15) is 0 Å². The van der Waals surface area contributed by atoms with Crippen LogP contribution >= 0.6 is 11.6 Å². The molecule has 2 aliphatic rings. The Hall–Kier alpha value is -2.46. The van der Waals surface area contributed by atoms with Gasteiger partial charge in [0.2, 0.25) is 5.91 Å². The van der Waals surface area contributed by atoms with Gasteiger partial charge in [0, 0.05) is 46.1 Å². The number of methoxy groups -OCH3 is 1. The predicted octanol–water partition coefficient (Wildman–Crippen LogP) is 3.18. The maximum atomic E-state index is 13.9. The first-order valence-corrected chi connectivity index (χ1v) is 12.0. The number of carbonyl (C=O) groups excluding carboxylic acids is 1. The van der Waals surface area contributed by atoms with Crippen molar-refractivity contribution >= 4 is 29.2 Å². The number of rotatable bonds is 9. The van der Waals surface area contributed by atoms with E-state index in [1.54, 1.807) is 27.3 Å². The third kappa shape index (κ3) is 5.86. The summed E-state index contributed by atoms with van der Waals surface area (Å²) in [5.74, 6) is -0.836. The number of likely N-dealkylation sites (tertiary alicyclic amines) is 1. The number of alkyl halides is 1. The molecule has 1 aliphatic carbocycles. The molecule has 8 nitrogen and oxygen atoms in total. The Labute approximate surface area is 210 Å². The van der Waals surface area contributed by atoms with Crippen LogP contribution in [0.4, 0.5) is 9.18 Å². The number of hydrogen-bond donors (Lipinski definition) is 2. The number of likely N-dealkylation sites (N-methyl/N-ethyl adjacent to an activating group) is 1. The van der Waals surface area contributed by atoms with Gasteiger partial charge in [-0.3, -0.25) is 9.69 Å². The number of allylic oxidation sites excluding steroid dienone is 2. The van der Waals surface area contributed by atoms with E-state index in [1.165, 1.54) is 17.0 Å². The van der Waals surface area contributed by atoms with Gasteiger partial charge >= 0.3 is 6.09 Å². The molecule has 3 rings (SSSR count). The monoisotopic (exact) mass is 509 g/mol. The van der Waals surface area contributed by atoms with Crippen LogP contribution in [0.25, 0.3) is 5.57 Å². The van der Waals surface area contributed by atoms with E-state index in [9.17, 15) is 19.1 Å². The molecule has 3 unspecified atom stereocenters. The average molecular weight is 510 g/mol. The molecule has 0 bridgehead atoms. The standard InChI is InChI=1S/C25H33ClFN3O5/c1-29(2)22(31)24(28-23(32)33)9-5-11-30(17-24)25(35-13-12-34-3)10-8-19(14-20(25)16-26)18-6-4-7-21(27)15-18/h4,6-8,10,14-15,20,28H,5,9,11-13,16-17H2,1-3H3,(H,32,33). The van der Waals surface area contributed by atoms with Crippen LogP contribution in [0.2, 0.25) is 0 Å². The van der Waals surface area contributed by atoms with Crippen LogP contribution in [-0.4, -0.2) is 91.6 Å². The van der Waals surface area contributed by atoms with Crippen LogP contribution < -0.4 is 5.32 Å². The van der Waals surface area contributed by atoms with Gasteiger partial charge < -0.3 is 24.8 Å². The fraction of sp³-hybridized carbons (Fsp3) is 0.520. The molecule has 1 aromatic carbocycles. The topological polar surface area (TPSA) is 91.3 Å². The molecule has 192 valence electrons. The second-order valence-corrected chi connectivity index (χ2v) is 9.37. The van der Waals surface area contributed by atoms with Crippen LogP contribution in [0, 0.1) is 11.7 Å². The quantitative estimate of drug-likeness (QED) is 0.392. The van der Waals surface area contributed by atoms with E-state index < -0.39 is 17.4 Å². The lowest BCUT2D eigenvalue weighted by Crippen LogP contribution is -2.70. The summed E-state index contributed by atoms with van der Waals surface area (Å²) >= 11 is 6.47. The number of carbonyl (C=O) groups is 2. The fourth-order valence-corrected chi connectivity index (χ4v) is 5.24. The number of ether oxygens (including phenoxy) is 2. The number of benzene rings is 1. The van der Waals surface area contributed by atoms with Crippen molar-refractivity contribution in [3.8, 4) is 0 Å². The minimum atomic E-state index is -1.33. The molecule has 1 aromatic rings. The summed E-state index contributed by atoms with van der Waals surface area (Å²) in [5, 5.41) is 12.0. The molecular formula is C25H33ClFN3O5. The van der Waals surface area contributed by atoms with Gasteiger partial charge in [0.15, 0.2) is 0 Å². The summed E-state index contributed by atoms with van der Waals surface area (Å²) in [6.45, 7) is 1.27. The highest BCUT2D eigenvalue weighted by molar-refractivity contribution is 6.18. The third-order valence-electron chi connectivity index (χ3n) is 6.51. The lowest BCUT2D eigenvalue weighted by molar-refractivity contribution is -0.171. The maximum absolute atomic E-state index is 13.9. The number of piperidine rings is 1. The minimum absolute atomic E-state index is 0.101. The van der Waals surface area contributed by atoms with Gasteiger partial charge in [-0.15, -0.1) is 11.6 Å². The van der Waals surface area contributed by atoms with Gasteiger partial charge in [-0.1, -0.05) is 24.3 Å². The van der Waals surface area contributed by atoms with Crippen molar-refractivity contribution in [2.24, 2.45) is 5.92 Å². The Morgan fingerprint density at radius 2 is 2.11 bits per heavy atom. The van der Waals surface area contributed by atoms with Crippen LogP contribution in [0.15, 0.2) is 42.5 Å². The highest BCUT2D eigenvalue weighted by Crippen LogP contribution is 2.40. The molecule has 35 heavy (non-hydrogen) atoms. The molecular weight excluding hydrogens is 477 g/mol. The van der Waals surface area contributed by atoms with E-state index in [2.05, 4.69) is 5.32 Å². The molecule has 3 atom stereocenters. The van der Waals surface area contributed by atoms with E-state index >= 15 is 0 Å². The molecule has 0 aromatic heterocycles. The number of amides is 2. The normalized spacial score (nSPS) is 26.8. The molecule has 0 radical (unpaired) electrons. The molecule has 1 heterocycles. The van der Waals surface area contributed by atoms with E-state index in [1.807, 2.05) is 29.2 Å². The Balaban J connectivity index is 2.02. The molecule has 1 fully saturated rings. The van der Waals surface area contributed by atoms with Crippen LogP contribution in [0.1, 0.15) is 18.4 Å². The first-order chi connectivity index (χ1) is 16.7. The number of nitrogens with zero attached hydrogens (tertiary/aromatic N) is 2. The lowest BCUT2D eigenvalue weighted by atomic mass is 9.81. The molecule has 0 saturated carbocycles. The summed E-state index contributed by atoms with van der Waals surface area (Å²) in [5.41, 5.74) is -0.861. The van der Waals surface area contributed by atoms with Crippen molar-refractivity contribution in [2.75, 3.05) is 53.4 Å². The third-order valence-corrected chi connectivity index (χ3v) is 6.84. The van der Waals surface area contributed by atoms with Crippen molar-refractivity contribution < 1.29 is 28.6 Å². The van der Waals surface area contributed by atoms with E-state index in [0.29, 0.717) is 31.6 Å². The minimum Gasteiger partial charge on any atom is -0.465 e. The van der Waals surface area contributed by atoms with Crippen LogP contribution in [-0.2, 0) is 14.3 Å². The van der Waals surface area contributed by atoms with Crippen molar-refractivity contribution in [1.29, 1.82) is 0 Å². The molecule has 1 saturated heterocycles. The second kappa shape index (κ2) is 11.5. The molecule has 0 spiro atoms. The van der Waals surface area contributed by atoms with Crippen molar-refractivity contribution in [1.82, 2.24) is 15.1 Å². The Morgan fingerprint density at radius 3 is 2.74 bits per heavy atom. The Kier molecular flexibility index (Phi) is 8.93. The van der Waals surface area contributed by atoms with Gasteiger partial charge in [-0.25, -0.2) is 9.18 Å². The van der Waals surface area contributed by atoms with Gasteiger partial charge in [0.05, 0.1) is 13.2 Å². The SMILES string of the molecule is COCCOC1(N2CCCC(NC(=O)O)(C(=O)N(C)C)C2)C=CC(c2cccc(F)c2)=CC1CCl. The Morgan fingerprint density at radius 1 is 1.34 bits per heavy atom. The molecule has 1 aliphatic heterocycles. The first-order valence-electron chi connectivity index (χ1n) is 11.5. The van der Waals surface area contributed by atoms with Gasteiger partial charge in [0.25, 0.3) is 0 Å². The molecule has 10 heteroatoms. The van der Waals surface area contributed by atoms with E-state index in [-0.39, 0.29) is 36.7 Å². The van der Waals surface area contributed by atoms with Gasteiger partial charge in [0.1, 0.15) is 17.1 Å². The molecule has 2 amide bonds. The first kappa shape index (κ1) is 27.1. The number of nitrogens with one attached hydrogen (secondary N) is 1. The lowest BCUT2D eigenvalue weighted by Gasteiger charge is -2.52.